The van der Waals surface area contributed by atoms with Crippen LogP contribution in [0, 0.1) is 5.82 Å². The predicted molar refractivity (Wildman–Crippen MR) is 121 cm³/mol. The van der Waals surface area contributed by atoms with Gasteiger partial charge < -0.3 is 15.2 Å². The van der Waals surface area contributed by atoms with Crippen LogP contribution in [0.25, 0.3) is 11.1 Å². The van der Waals surface area contributed by atoms with Crippen molar-refractivity contribution in [2.75, 3.05) is 13.2 Å². The van der Waals surface area contributed by atoms with Gasteiger partial charge in [0.25, 0.3) is 0 Å². The molecular weight excluding hydrogens is 474 g/mol. The molecule has 3 rings (SSSR count). The van der Waals surface area contributed by atoms with Crippen LogP contribution in [0.4, 0.5) is 17.6 Å². The van der Waals surface area contributed by atoms with Gasteiger partial charge in [-0.25, -0.2) is 4.39 Å². The smallest absolute Gasteiger partial charge is 0.416 e. The van der Waals surface area contributed by atoms with E-state index in [0.29, 0.717) is 23.7 Å². The molecule has 0 fully saturated rings. The van der Waals surface area contributed by atoms with E-state index in [2.05, 4.69) is 5.32 Å². The van der Waals surface area contributed by atoms with Crippen molar-refractivity contribution < 1.29 is 32.2 Å². The van der Waals surface area contributed by atoms with Crippen LogP contribution in [0.15, 0.2) is 60.7 Å². The molecule has 0 aliphatic carbocycles. The molecule has 0 radical (unpaired) electrons. The Morgan fingerprint density at radius 2 is 1.82 bits per heavy atom. The van der Waals surface area contributed by atoms with Crippen LogP contribution < -0.4 is 10.1 Å². The summed E-state index contributed by atoms with van der Waals surface area (Å²) in [5.74, 6) is -1.69. The normalized spacial score (nSPS) is 11.4. The van der Waals surface area contributed by atoms with Gasteiger partial charge >= 0.3 is 12.1 Å². The molecule has 0 atom stereocenters. The Morgan fingerprint density at radius 3 is 2.53 bits per heavy atom. The van der Waals surface area contributed by atoms with E-state index in [0.717, 1.165) is 23.8 Å². The van der Waals surface area contributed by atoms with Gasteiger partial charge in [-0.05, 0) is 71.1 Å². The maximum Gasteiger partial charge on any atom is 0.416 e. The second-order valence-electron chi connectivity index (χ2n) is 7.60. The second kappa shape index (κ2) is 11.4. The molecule has 0 saturated carbocycles. The molecule has 0 bridgehead atoms. The summed E-state index contributed by atoms with van der Waals surface area (Å²) in [6, 6.07) is 14.4. The fraction of sp³-hybridized carbons (Fsp3) is 0.240. The zero-order valence-corrected chi connectivity index (χ0v) is 18.7. The van der Waals surface area contributed by atoms with E-state index in [1.54, 1.807) is 6.07 Å². The van der Waals surface area contributed by atoms with Crippen molar-refractivity contribution in [3.8, 4) is 16.9 Å². The maximum atomic E-state index is 14.1. The molecule has 3 aromatic rings. The van der Waals surface area contributed by atoms with Gasteiger partial charge in [-0.15, -0.1) is 0 Å². The molecule has 3 aromatic carbocycles. The molecule has 0 aliphatic heterocycles. The van der Waals surface area contributed by atoms with E-state index in [4.69, 9.17) is 21.4 Å². The number of hydrogen-bond acceptors (Lipinski definition) is 3. The van der Waals surface area contributed by atoms with E-state index in [1.165, 1.54) is 18.2 Å². The van der Waals surface area contributed by atoms with E-state index >= 15 is 0 Å². The first-order valence-corrected chi connectivity index (χ1v) is 10.8. The topological polar surface area (TPSA) is 58.6 Å². The molecule has 34 heavy (non-hydrogen) atoms. The van der Waals surface area contributed by atoms with Gasteiger partial charge in [0.2, 0.25) is 0 Å². The highest BCUT2D eigenvalue weighted by Gasteiger charge is 2.31. The van der Waals surface area contributed by atoms with Crippen molar-refractivity contribution in [2.45, 2.75) is 25.6 Å². The van der Waals surface area contributed by atoms with Crippen molar-refractivity contribution in [3.05, 3.63) is 88.2 Å². The van der Waals surface area contributed by atoms with Crippen molar-refractivity contribution in [1.82, 2.24) is 5.32 Å². The number of carbonyl (C=O) groups is 1. The summed E-state index contributed by atoms with van der Waals surface area (Å²) in [7, 11) is 0. The number of carboxylic acids is 1. The minimum Gasteiger partial charge on any atom is -0.492 e. The third-order valence-electron chi connectivity index (χ3n) is 4.99. The lowest BCUT2D eigenvalue weighted by atomic mass is 9.98. The van der Waals surface area contributed by atoms with Crippen molar-refractivity contribution >= 4 is 17.6 Å². The quantitative estimate of drug-likeness (QED) is 0.254. The van der Waals surface area contributed by atoms with Crippen LogP contribution in [0.3, 0.4) is 0 Å². The monoisotopic (exact) mass is 495 g/mol. The first-order valence-electron chi connectivity index (χ1n) is 10.4. The lowest BCUT2D eigenvalue weighted by Crippen LogP contribution is -2.20. The molecule has 0 amide bonds. The summed E-state index contributed by atoms with van der Waals surface area (Å²) in [4.78, 5) is 10.8. The Hall–Kier alpha value is -3.10. The minimum atomic E-state index is -4.61. The highest BCUT2D eigenvalue weighted by molar-refractivity contribution is 6.30. The zero-order valence-electron chi connectivity index (χ0n) is 18.0. The third-order valence-corrected chi connectivity index (χ3v) is 5.22. The van der Waals surface area contributed by atoms with Gasteiger partial charge in [-0.2, -0.15) is 13.2 Å². The minimum absolute atomic E-state index is 0.0193. The largest absolute Gasteiger partial charge is 0.492 e. The van der Waals surface area contributed by atoms with Crippen LogP contribution in [0.2, 0.25) is 5.02 Å². The molecule has 0 saturated heterocycles. The number of carboxylic acid groups (broad SMARTS) is 1. The van der Waals surface area contributed by atoms with Gasteiger partial charge in [-0.3, -0.25) is 4.79 Å². The van der Waals surface area contributed by atoms with Crippen molar-refractivity contribution in [1.29, 1.82) is 0 Å². The SMILES string of the molecule is O=C(O)CCc1cc(-c2cc(OCCNCc3cccc(Cl)c3)cc(C(F)(F)F)c2)ccc1F. The molecule has 2 N–H and O–H groups in total. The number of aryl methyl sites for hydroxylation is 1. The number of nitrogens with one attached hydrogen (secondary N) is 1. The zero-order chi connectivity index (χ0) is 24.7. The number of hydrogen-bond donors (Lipinski definition) is 2. The highest BCUT2D eigenvalue weighted by atomic mass is 35.5. The van der Waals surface area contributed by atoms with E-state index in [-0.39, 0.29) is 36.3 Å². The van der Waals surface area contributed by atoms with E-state index < -0.39 is 23.5 Å². The van der Waals surface area contributed by atoms with E-state index in [9.17, 15) is 22.4 Å². The van der Waals surface area contributed by atoms with Gasteiger partial charge in [0.15, 0.2) is 0 Å². The van der Waals surface area contributed by atoms with Crippen LogP contribution in [-0.2, 0) is 23.9 Å². The lowest BCUT2D eigenvalue weighted by Gasteiger charge is -2.14. The summed E-state index contributed by atoms with van der Waals surface area (Å²) in [5, 5.41) is 12.6. The van der Waals surface area contributed by atoms with Crippen LogP contribution in [0.5, 0.6) is 5.75 Å². The molecule has 0 aromatic heterocycles. The van der Waals surface area contributed by atoms with Crippen molar-refractivity contribution in [3.63, 3.8) is 0 Å². The number of halogens is 5. The Labute approximate surface area is 199 Å². The summed E-state index contributed by atoms with van der Waals surface area (Å²) in [6.45, 7) is 1.02. The molecule has 0 aliphatic rings. The van der Waals surface area contributed by atoms with E-state index in [1.807, 2.05) is 18.2 Å². The van der Waals surface area contributed by atoms with Crippen LogP contribution in [0.1, 0.15) is 23.1 Å². The third kappa shape index (κ3) is 7.46. The average molecular weight is 496 g/mol. The van der Waals surface area contributed by atoms with Crippen molar-refractivity contribution in [2.24, 2.45) is 0 Å². The van der Waals surface area contributed by atoms with Gasteiger partial charge in [0, 0.05) is 24.5 Å². The molecule has 4 nitrogen and oxygen atoms in total. The molecule has 0 heterocycles. The van der Waals surface area contributed by atoms with Crippen LogP contribution >= 0.6 is 11.6 Å². The average Bonchev–Trinajstić information content (AvgIpc) is 2.77. The Morgan fingerprint density at radius 1 is 1.03 bits per heavy atom. The van der Waals surface area contributed by atoms with Gasteiger partial charge in [0.05, 0.1) is 5.56 Å². The Balaban J connectivity index is 1.73. The maximum absolute atomic E-state index is 14.1. The molecule has 0 spiro atoms. The Bertz CT molecular complexity index is 1150. The standard InChI is InChI=1S/C25H22ClF4NO3/c26-21-3-1-2-16(10-21)15-31-8-9-34-22-13-19(12-20(14-22)25(28,29)30)17-4-6-23(27)18(11-17)5-7-24(32)33/h1-4,6,10-14,31H,5,7-9,15H2,(H,32,33). The second-order valence-corrected chi connectivity index (χ2v) is 8.04. The summed E-state index contributed by atoms with van der Waals surface area (Å²) in [5.41, 5.74) is 0.697. The number of aliphatic carboxylic acids is 1. The summed E-state index contributed by atoms with van der Waals surface area (Å²) >= 11 is 5.94. The Kier molecular flexibility index (Phi) is 8.52. The molecular formula is C25H22ClF4NO3. The lowest BCUT2D eigenvalue weighted by molar-refractivity contribution is -0.138. The van der Waals surface area contributed by atoms with Crippen LogP contribution in [-0.4, -0.2) is 24.2 Å². The first kappa shape index (κ1) is 25.5. The number of ether oxygens (including phenoxy) is 1. The predicted octanol–water partition coefficient (Wildman–Crippen LogP) is 6.35. The number of benzene rings is 3. The number of rotatable bonds is 10. The summed E-state index contributed by atoms with van der Waals surface area (Å²) < 4.78 is 60.0. The van der Waals surface area contributed by atoms with Gasteiger partial charge in [0.1, 0.15) is 18.2 Å². The molecule has 0 unspecified atom stereocenters. The number of alkyl halides is 3. The fourth-order valence-corrected chi connectivity index (χ4v) is 3.53. The molecule has 9 heteroatoms. The molecule has 180 valence electrons. The first-order chi connectivity index (χ1) is 16.1. The van der Waals surface area contributed by atoms with Gasteiger partial charge in [-0.1, -0.05) is 29.8 Å². The fourth-order valence-electron chi connectivity index (χ4n) is 3.32. The highest BCUT2D eigenvalue weighted by Crippen LogP contribution is 2.36. The summed E-state index contributed by atoms with van der Waals surface area (Å²) in [6.07, 6.45) is -4.97.